The number of halogens is 2. The minimum Gasteiger partial charge on any atom is -0.493 e. The van der Waals surface area contributed by atoms with Crippen molar-refractivity contribution in [1.82, 2.24) is 29.6 Å². The minimum atomic E-state index is -0.966. The molecule has 0 spiro atoms. The van der Waals surface area contributed by atoms with Crippen molar-refractivity contribution in [3.63, 3.8) is 0 Å². The first-order valence-corrected chi connectivity index (χ1v) is 11.2. The molecule has 0 saturated carbocycles. The fraction of sp³-hybridized carbons (Fsp3) is 0.292. The summed E-state index contributed by atoms with van der Waals surface area (Å²) in [6, 6.07) is 4.19. The Hall–Kier alpha value is -4.35. The monoisotopic (exact) mass is 495 g/mol. The number of nitrogens with one attached hydrogen (secondary N) is 1. The highest BCUT2D eigenvalue weighted by atomic mass is 19.1. The second-order valence-electron chi connectivity index (χ2n) is 8.34. The smallest absolute Gasteiger partial charge is 0.220 e. The SMILES string of the molecule is COc1cc(OC)c(F)c(/N=c2\ccc3ncc(-c4cnn(C)c4)nc3n2CC2CCC(=O)N2)c1F. The maximum Gasteiger partial charge on any atom is 0.220 e. The number of carbonyl (C=O) groups is 1. The van der Waals surface area contributed by atoms with Crippen molar-refractivity contribution in [3.8, 4) is 22.8 Å². The van der Waals surface area contributed by atoms with Crippen LogP contribution >= 0.6 is 0 Å². The van der Waals surface area contributed by atoms with E-state index < -0.39 is 17.3 Å². The first kappa shape index (κ1) is 23.4. The van der Waals surface area contributed by atoms with Crippen LogP contribution in [0, 0.1) is 11.6 Å². The Morgan fingerprint density at radius 2 is 1.92 bits per heavy atom. The second kappa shape index (κ2) is 9.36. The highest BCUT2D eigenvalue weighted by molar-refractivity contribution is 5.78. The lowest BCUT2D eigenvalue weighted by molar-refractivity contribution is -0.119. The van der Waals surface area contributed by atoms with Crippen LogP contribution in [0.1, 0.15) is 12.8 Å². The van der Waals surface area contributed by atoms with Gasteiger partial charge in [0.05, 0.1) is 32.3 Å². The molecule has 186 valence electrons. The van der Waals surface area contributed by atoms with Gasteiger partial charge in [-0.3, -0.25) is 14.5 Å². The van der Waals surface area contributed by atoms with Gasteiger partial charge in [0.25, 0.3) is 0 Å². The van der Waals surface area contributed by atoms with Crippen LogP contribution in [0.2, 0.25) is 0 Å². The van der Waals surface area contributed by atoms with E-state index in [0.717, 1.165) is 11.6 Å². The topological polar surface area (TPSA) is 108 Å². The van der Waals surface area contributed by atoms with E-state index in [1.807, 2.05) is 0 Å². The third-order valence-corrected chi connectivity index (χ3v) is 5.97. The van der Waals surface area contributed by atoms with Crippen molar-refractivity contribution in [3.05, 3.63) is 53.9 Å². The van der Waals surface area contributed by atoms with Gasteiger partial charge in [0.1, 0.15) is 16.7 Å². The number of hydrogen-bond donors (Lipinski definition) is 1. The van der Waals surface area contributed by atoms with Crippen LogP contribution < -0.4 is 20.3 Å². The van der Waals surface area contributed by atoms with Crippen molar-refractivity contribution in [1.29, 1.82) is 0 Å². The summed E-state index contributed by atoms with van der Waals surface area (Å²) in [6.45, 7) is 0.275. The quantitative estimate of drug-likeness (QED) is 0.441. The van der Waals surface area contributed by atoms with Gasteiger partial charge < -0.3 is 19.4 Å². The van der Waals surface area contributed by atoms with Gasteiger partial charge >= 0.3 is 0 Å². The summed E-state index contributed by atoms with van der Waals surface area (Å²) >= 11 is 0. The number of carbonyl (C=O) groups excluding carboxylic acids is 1. The Morgan fingerprint density at radius 3 is 2.53 bits per heavy atom. The first-order chi connectivity index (χ1) is 17.4. The molecule has 1 atom stereocenters. The van der Waals surface area contributed by atoms with Crippen LogP contribution in [0.25, 0.3) is 22.4 Å². The number of methoxy groups -OCH3 is 2. The standard InChI is InChI=1S/C24H23F2N7O3/c1-32-11-13(9-28-32)16-10-27-15-5-6-19(33(24(15)30-16)12-14-4-7-20(34)29-14)31-23-21(25)17(35-2)8-18(36-3)22(23)26/h5-6,8-11,14H,4,7,12H2,1-3H3,(H,29,34)/b31-19+. The first-order valence-electron chi connectivity index (χ1n) is 11.2. The Kier molecular flexibility index (Phi) is 6.08. The molecule has 1 aliphatic rings. The molecule has 1 unspecified atom stereocenters. The molecule has 1 amide bonds. The molecule has 1 N–H and O–H groups in total. The Bertz CT molecular complexity index is 1520. The molecule has 12 heteroatoms. The van der Waals surface area contributed by atoms with E-state index >= 15 is 8.78 Å². The Balaban J connectivity index is 1.75. The van der Waals surface area contributed by atoms with Gasteiger partial charge in [0.2, 0.25) is 5.91 Å². The summed E-state index contributed by atoms with van der Waals surface area (Å²) in [4.78, 5) is 25.5. The zero-order valence-corrected chi connectivity index (χ0v) is 19.8. The van der Waals surface area contributed by atoms with Crippen LogP contribution in [0.5, 0.6) is 11.5 Å². The molecule has 0 aliphatic carbocycles. The molecule has 0 radical (unpaired) electrons. The predicted octanol–water partition coefficient (Wildman–Crippen LogP) is 2.64. The Morgan fingerprint density at radius 1 is 1.17 bits per heavy atom. The van der Waals surface area contributed by atoms with E-state index in [1.165, 1.54) is 14.2 Å². The maximum atomic E-state index is 15.1. The molecular weight excluding hydrogens is 472 g/mol. The van der Waals surface area contributed by atoms with Crippen LogP contribution in [-0.4, -0.2) is 50.5 Å². The molecular formula is C24H23F2N7O3. The molecule has 36 heavy (non-hydrogen) atoms. The van der Waals surface area contributed by atoms with Gasteiger partial charge in [-0.1, -0.05) is 0 Å². The summed E-state index contributed by atoms with van der Waals surface area (Å²) < 4.78 is 43.6. The van der Waals surface area contributed by atoms with E-state index in [4.69, 9.17) is 14.5 Å². The molecule has 0 bridgehead atoms. The fourth-order valence-electron chi connectivity index (χ4n) is 4.15. The van der Waals surface area contributed by atoms with E-state index in [-0.39, 0.29) is 35.5 Å². The summed E-state index contributed by atoms with van der Waals surface area (Å²) in [7, 11) is 4.34. The summed E-state index contributed by atoms with van der Waals surface area (Å²) in [5.74, 6) is -2.41. The van der Waals surface area contributed by atoms with Crippen molar-refractivity contribution in [2.24, 2.45) is 12.0 Å². The van der Waals surface area contributed by atoms with Crippen LogP contribution in [0.15, 0.2) is 41.8 Å². The molecule has 1 saturated heterocycles. The van der Waals surface area contributed by atoms with Gasteiger partial charge in [0, 0.05) is 43.9 Å². The highest BCUT2D eigenvalue weighted by Gasteiger charge is 2.24. The summed E-state index contributed by atoms with van der Waals surface area (Å²) in [6.07, 6.45) is 6.10. The number of aromatic nitrogens is 5. The average molecular weight is 495 g/mol. The van der Waals surface area contributed by atoms with Gasteiger partial charge in [0.15, 0.2) is 28.8 Å². The number of pyridine rings is 1. The third kappa shape index (κ3) is 4.25. The van der Waals surface area contributed by atoms with E-state index in [9.17, 15) is 4.79 Å². The summed E-state index contributed by atoms with van der Waals surface area (Å²) in [5.41, 5.74) is 1.96. The lowest BCUT2D eigenvalue weighted by Gasteiger charge is -2.16. The van der Waals surface area contributed by atoms with E-state index in [0.29, 0.717) is 29.7 Å². The highest BCUT2D eigenvalue weighted by Crippen LogP contribution is 2.36. The van der Waals surface area contributed by atoms with E-state index in [1.54, 1.807) is 47.0 Å². The molecule has 3 aromatic heterocycles. The summed E-state index contributed by atoms with van der Waals surface area (Å²) in [5, 5.41) is 7.10. The van der Waals surface area contributed by atoms with Gasteiger partial charge in [-0.15, -0.1) is 0 Å². The molecule has 1 fully saturated rings. The maximum absolute atomic E-state index is 15.1. The number of nitrogens with zero attached hydrogens (tertiary/aromatic N) is 6. The number of ether oxygens (including phenoxy) is 2. The van der Waals surface area contributed by atoms with Crippen LogP contribution in [0.4, 0.5) is 14.5 Å². The number of hydrogen-bond acceptors (Lipinski definition) is 7. The van der Waals surface area contributed by atoms with Crippen LogP contribution in [0.3, 0.4) is 0 Å². The molecule has 1 aromatic carbocycles. The third-order valence-electron chi connectivity index (χ3n) is 5.97. The van der Waals surface area contributed by atoms with Gasteiger partial charge in [-0.2, -0.15) is 5.10 Å². The number of amides is 1. The minimum absolute atomic E-state index is 0.0592. The second-order valence-corrected chi connectivity index (χ2v) is 8.34. The molecule has 10 nitrogen and oxygen atoms in total. The van der Waals surface area contributed by atoms with Crippen molar-refractivity contribution in [2.75, 3.05) is 14.2 Å². The number of rotatable bonds is 6. The largest absolute Gasteiger partial charge is 0.493 e. The normalized spacial score (nSPS) is 16.0. The van der Waals surface area contributed by atoms with Crippen molar-refractivity contribution < 1.29 is 23.0 Å². The Labute approximate surface area is 204 Å². The zero-order chi connectivity index (χ0) is 25.4. The van der Waals surface area contributed by atoms with Crippen molar-refractivity contribution >= 4 is 22.8 Å². The molecule has 4 heterocycles. The number of benzene rings is 1. The molecule has 1 aliphatic heterocycles. The van der Waals surface area contributed by atoms with Crippen molar-refractivity contribution in [2.45, 2.75) is 25.4 Å². The van der Waals surface area contributed by atoms with Gasteiger partial charge in [-0.25, -0.2) is 18.8 Å². The lowest BCUT2D eigenvalue weighted by Crippen LogP contribution is -2.34. The van der Waals surface area contributed by atoms with E-state index in [2.05, 4.69) is 20.4 Å². The average Bonchev–Trinajstić information content (AvgIpc) is 3.50. The number of aryl methyl sites for hydroxylation is 1. The molecule has 4 aromatic rings. The fourth-order valence-corrected chi connectivity index (χ4v) is 4.15. The zero-order valence-electron chi connectivity index (χ0n) is 19.8. The predicted molar refractivity (Wildman–Crippen MR) is 126 cm³/mol. The number of fused-ring (bicyclic) bond motifs is 1. The van der Waals surface area contributed by atoms with Gasteiger partial charge in [-0.05, 0) is 18.6 Å². The molecule has 5 rings (SSSR count). The lowest BCUT2D eigenvalue weighted by atomic mass is 10.2. The van der Waals surface area contributed by atoms with Crippen LogP contribution in [-0.2, 0) is 18.4 Å².